The molecule has 0 aliphatic carbocycles. The van der Waals surface area contributed by atoms with E-state index in [1.54, 1.807) is 0 Å². The number of carbonyl (C=O) groups excluding carboxylic acids is 1. The average molecular weight is 268 g/mol. The molecule has 0 saturated carbocycles. The van der Waals surface area contributed by atoms with Gasteiger partial charge in [-0.3, -0.25) is 4.79 Å². The highest BCUT2D eigenvalue weighted by molar-refractivity contribution is 5.80. The normalized spacial score (nSPS) is 31.7. The highest BCUT2D eigenvalue weighted by Gasteiger charge is 2.38. The molecule has 0 spiro atoms. The average Bonchev–Trinajstić information content (AvgIpc) is 2.93. The maximum atomic E-state index is 12.8. The van der Waals surface area contributed by atoms with Crippen molar-refractivity contribution in [2.75, 3.05) is 26.7 Å². The van der Waals surface area contributed by atoms with Crippen LogP contribution < -0.4 is 5.32 Å². The van der Waals surface area contributed by atoms with Crippen LogP contribution in [0.25, 0.3) is 0 Å². The van der Waals surface area contributed by atoms with Crippen LogP contribution in [-0.4, -0.2) is 49.7 Å². The van der Waals surface area contributed by atoms with Gasteiger partial charge in [-0.25, -0.2) is 0 Å². The van der Waals surface area contributed by atoms with Crippen molar-refractivity contribution in [1.82, 2.24) is 10.2 Å². The van der Waals surface area contributed by atoms with E-state index in [9.17, 15) is 4.79 Å². The Morgan fingerprint density at radius 2 is 2.21 bits per heavy atom. The zero-order chi connectivity index (χ0) is 13.7. The predicted octanol–water partition coefficient (Wildman–Crippen LogP) is 1.79. The van der Waals surface area contributed by atoms with Crippen molar-refractivity contribution in [3.63, 3.8) is 0 Å². The number of likely N-dealkylation sites (tertiary alicyclic amines) is 1. The zero-order valence-corrected chi connectivity index (χ0v) is 12.4. The van der Waals surface area contributed by atoms with E-state index in [4.69, 9.17) is 4.74 Å². The lowest BCUT2D eigenvalue weighted by Crippen LogP contribution is -2.48. The maximum Gasteiger partial charge on any atom is 0.228 e. The van der Waals surface area contributed by atoms with E-state index in [1.807, 2.05) is 7.05 Å². The largest absolute Gasteiger partial charge is 0.377 e. The van der Waals surface area contributed by atoms with Gasteiger partial charge in [-0.2, -0.15) is 0 Å². The first-order valence-electron chi connectivity index (χ1n) is 7.84. The molecule has 3 atom stereocenters. The number of nitrogens with zero attached hydrogens (tertiary/aromatic N) is 1. The summed E-state index contributed by atoms with van der Waals surface area (Å²) in [6.07, 6.45) is 6.67. The molecule has 0 aromatic rings. The van der Waals surface area contributed by atoms with Crippen molar-refractivity contribution in [2.45, 2.75) is 57.6 Å². The second-order valence-electron chi connectivity index (χ2n) is 5.79. The topological polar surface area (TPSA) is 41.6 Å². The fourth-order valence-corrected chi connectivity index (χ4v) is 3.45. The molecule has 4 nitrogen and oxygen atoms in total. The van der Waals surface area contributed by atoms with Crippen molar-refractivity contribution in [1.29, 1.82) is 0 Å². The molecule has 0 aromatic carbocycles. The number of hydrogen-bond acceptors (Lipinski definition) is 3. The Morgan fingerprint density at radius 1 is 1.37 bits per heavy atom. The molecule has 1 amide bonds. The summed E-state index contributed by atoms with van der Waals surface area (Å²) in [6.45, 7) is 4.81. The Morgan fingerprint density at radius 3 is 2.95 bits per heavy atom. The van der Waals surface area contributed by atoms with Crippen molar-refractivity contribution in [3.05, 3.63) is 0 Å². The summed E-state index contributed by atoms with van der Waals surface area (Å²) < 4.78 is 5.68. The minimum atomic E-state index is 0.111. The SMILES string of the molecule is CCC1OCCC1C(=O)N1CCCCC1CCNC. The van der Waals surface area contributed by atoms with E-state index in [0.717, 1.165) is 51.8 Å². The van der Waals surface area contributed by atoms with Gasteiger partial charge >= 0.3 is 0 Å². The van der Waals surface area contributed by atoms with Gasteiger partial charge in [0.1, 0.15) is 0 Å². The van der Waals surface area contributed by atoms with Crippen LogP contribution in [0.2, 0.25) is 0 Å². The molecule has 2 fully saturated rings. The molecule has 2 aliphatic rings. The Labute approximate surface area is 116 Å². The van der Waals surface area contributed by atoms with Crippen LogP contribution in [-0.2, 0) is 9.53 Å². The van der Waals surface area contributed by atoms with Crippen LogP contribution in [0.15, 0.2) is 0 Å². The quantitative estimate of drug-likeness (QED) is 0.826. The number of nitrogens with one attached hydrogen (secondary N) is 1. The third-order valence-corrected chi connectivity index (χ3v) is 4.57. The highest BCUT2D eigenvalue weighted by Crippen LogP contribution is 2.29. The lowest BCUT2D eigenvalue weighted by molar-refractivity contribution is -0.141. The van der Waals surface area contributed by atoms with Crippen LogP contribution in [0.4, 0.5) is 0 Å². The molecule has 0 radical (unpaired) electrons. The van der Waals surface area contributed by atoms with Gasteiger partial charge in [0.05, 0.1) is 12.0 Å². The number of hydrogen-bond donors (Lipinski definition) is 1. The Hall–Kier alpha value is -0.610. The summed E-state index contributed by atoms with van der Waals surface area (Å²) in [5, 5.41) is 3.20. The van der Waals surface area contributed by atoms with Gasteiger partial charge in [0.25, 0.3) is 0 Å². The minimum Gasteiger partial charge on any atom is -0.377 e. The van der Waals surface area contributed by atoms with E-state index in [2.05, 4.69) is 17.1 Å². The van der Waals surface area contributed by atoms with Gasteiger partial charge in [-0.1, -0.05) is 6.92 Å². The molecule has 4 heteroatoms. The third kappa shape index (κ3) is 3.48. The van der Waals surface area contributed by atoms with E-state index < -0.39 is 0 Å². The first-order chi connectivity index (χ1) is 9.27. The monoisotopic (exact) mass is 268 g/mol. The first kappa shape index (κ1) is 14.8. The summed E-state index contributed by atoms with van der Waals surface area (Å²) in [7, 11) is 1.98. The second kappa shape index (κ2) is 7.25. The summed E-state index contributed by atoms with van der Waals surface area (Å²) in [5.74, 6) is 0.463. The second-order valence-corrected chi connectivity index (χ2v) is 5.79. The Kier molecular flexibility index (Phi) is 5.64. The summed E-state index contributed by atoms with van der Waals surface area (Å²) in [6, 6.07) is 0.437. The van der Waals surface area contributed by atoms with Crippen LogP contribution in [0.5, 0.6) is 0 Å². The molecule has 2 rings (SSSR count). The van der Waals surface area contributed by atoms with Crippen molar-refractivity contribution >= 4 is 5.91 Å². The fourth-order valence-electron chi connectivity index (χ4n) is 3.45. The van der Waals surface area contributed by atoms with E-state index >= 15 is 0 Å². The zero-order valence-electron chi connectivity index (χ0n) is 12.4. The summed E-state index contributed by atoms with van der Waals surface area (Å²) >= 11 is 0. The maximum absolute atomic E-state index is 12.8. The standard InChI is InChI=1S/C15H28N2O2/c1-3-14-13(8-11-19-14)15(18)17-10-5-4-6-12(17)7-9-16-2/h12-14,16H,3-11H2,1-2H3. The van der Waals surface area contributed by atoms with Crippen molar-refractivity contribution in [2.24, 2.45) is 5.92 Å². The van der Waals surface area contributed by atoms with Crippen molar-refractivity contribution in [3.8, 4) is 0 Å². The van der Waals surface area contributed by atoms with Gasteiger partial charge in [0.2, 0.25) is 5.91 Å². The minimum absolute atomic E-state index is 0.111. The van der Waals surface area contributed by atoms with Gasteiger partial charge in [0.15, 0.2) is 0 Å². The van der Waals surface area contributed by atoms with E-state index in [0.29, 0.717) is 11.9 Å². The lowest BCUT2D eigenvalue weighted by Gasteiger charge is -2.38. The van der Waals surface area contributed by atoms with Crippen LogP contribution in [0, 0.1) is 5.92 Å². The number of piperidine rings is 1. The van der Waals surface area contributed by atoms with Crippen LogP contribution >= 0.6 is 0 Å². The molecule has 2 heterocycles. The molecule has 2 aliphatic heterocycles. The Bertz CT molecular complexity index is 296. The molecule has 19 heavy (non-hydrogen) atoms. The highest BCUT2D eigenvalue weighted by atomic mass is 16.5. The number of carbonyl (C=O) groups is 1. The summed E-state index contributed by atoms with van der Waals surface area (Å²) in [5.41, 5.74) is 0. The molecule has 0 bridgehead atoms. The molecule has 3 unspecified atom stereocenters. The van der Waals surface area contributed by atoms with Gasteiger partial charge < -0.3 is 15.0 Å². The molecular formula is C15H28N2O2. The van der Waals surface area contributed by atoms with Crippen LogP contribution in [0.3, 0.4) is 0 Å². The molecule has 1 N–H and O–H groups in total. The molecule has 2 saturated heterocycles. The smallest absolute Gasteiger partial charge is 0.228 e. The van der Waals surface area contributed by atoms with E-state index in [1.165, 1.54) is 6.42 Å². The van der Waals surface area contributed by atoms with E-state index in [-0.39, 0.29) is 12.0 Å². The Balaban J connectivity index is 1.98. The summed E-state index contributed by atoms with van der Waals surface area (Å²) in [4.78, 5) is 14.9. The third-order valence-electron chi connectivity index (χ3n) is 4.57. The van der Waals surface area contributed by atoms with Crippen LogP contribution in [0.1, 0.15) is 45.4 Å². The van der Waals surface area contributed by atoms with Crippen molar-refractivity contribution < 1.29 is 9.53 Å². The molecular weight excluding hydrogens is 240 g/mol. The van der Waals surface area contributed by atoms with Gasteiger partial charge in [-0.15, -0.1) is 0 Å². The number of ether oxygens (including phenoxy) is 1. The molecule has 0 aromatic heterocycles. The lowest BCUT2D eigenvalue weighted by atomic mass is 9.93. The fraction of sp³-hybridized carbons (Fsp3) is 0.933. The number of rotatable bonds is 5. The predicted molar refractivity (Wildman–Crippen MR) is 76.0 cm³/mol. The number of amides is 1. The molecule has 110 valence electrons. The first-order valence-corrected chi connectivity index (χ1v) is 7.84. The van der Waals surface area contributed by atoms with Gasteiger partial charge in [0, 0.05) is 19.2 Å². The van der Waals surface area contributed by atoms with Gasteiger partial charge in [-0.05, 0) is 52.1 Å².